The van der Waals surface area contributed by atoms with Gasteiger partial charge in [0.05, 0.1) is 13.1 Å². The lowest BCUT2D eigenvalue weighted by Crippen LogP contribution is -2.38. The molecule has 0 aliphatic carbocycles. The van der Waals surface area contributed by atoms with E-state index in [1.807, 2.05) is 6.92 Å². The smallest absolute Gasteiger partial charge is 0.276 e. The van der Waals surface area contributed by atoms with E-state index >= 15 is 0 Å². The first kappa shape index (κ1) is 23.2. The number of carbonyl (C=O) groups excluding carboxylic acids is 3. The monoisotopic (exact) mass is 485 g/mol. The number of anilines is 1. The molecule has 0 bridgehead atoms. The van der Waals surface area contributed by atoms with Crippen molar-refractivity contribution in [3.05, 3.63) is 106 Å². The molecule has 36 heavy (non-hydrogen) atoms. The van der Waals surface area contributed by atoms with Crippen LogP contribution in [0.15, 0.2) is 66.9 Å². The Morgan fingerprint density at radius 3 is 2.69 bits per heavy atom. The number of aromatic amines is 1. The lowest BCUT2D eigenvalue weighted by molar-refractivity contribution is 0.0711. The van der Waals surface area contributed by atoms with Crippen molar-refractivity contribution < 1.29 is 18.8 Å². The van der Waals surface area contributed by atoms with E-state index in [4.69, 9.17) is 0 Å². The molecular weight excluding hydrogens is 461 g/mol. The fourth-order valence-electron chi connectivity index (χ4n) is 4.63. The number of H-pyrrole nitrogens is 1. The molecule has 1 aliphatic heterocycles. The molecule has 2 aromatic carbocycles. The maximum Gasteiger partial charge on any atom is 0.276 e. The fraction of sp³-hybridized carbons (Fsp3) is 0.185. The third kappa shape index (κ3) is 4.55. The molecule has 1 atom stereocenters. The molecule has 0 saturated heterocycles. The third-order valence-electron chi connectivity index (χ3n) is 6.26. The summed E-state index contributed by atoms with van der Waals surface area (Å²) >= 11 is 0. The molecule has 2 amide bonds. The van der Waals surface area contributed by atoms with Gasteiger partial charge in [0.2, 0.25) is 0 Å². The Bertz CT molecular complexity index is 1430. The van der Waals surface area contributed by atoms with Gasteiger partial charge < -0.3 is 15.2 Å². The number of nitrogens with zero attached hydrogens (tertiary/aromatic N) is 3. The second kappa shape index (κ2) is 9.61. The maximum atomic E-state index is 13.4. The van der Waals surface area contributed by atoms with E-state index < -0.39 is 5.91 Å². The van der Waals surface area contributed by atoms with Crippen LogP contribution in [0.2, 0.25) is 0 Å². The molecule has 182 valence electrons. The minimum absolute atomic E-state index is 0.0967. The molecule has 0 fully saturated rings. The minimum atomic E-state index is -0.437. The molecule has 0 saturated carbocycles. The van der Waals surface area contributed by atoms with Gasteiger partial charge in [-0.1, -0.05) is 31.2 Å². The van der Waals surface area contributed by atoms with Gasteiger partial charge in [-0.05, 0) is 42.0 Å². The van der Waals surface area contributed by atoms with Gasteiger partial charge in [-0.3, -0.25) is 19.1 Å². The number of halogens is 1. The lowest BCUT2D eigenvalue weighted by Gasteiger charge is -2.32. The Balaban J connectivity index is 1.52. The Kier molecular flexibility index (Phi) is 6.20. The van der Waals surface area contributed by atoms with Crippen LogP contribution in [-0.4, -0.2) is 44.3 Å². The predicted molar refractivity (Wildman–Crippen MR) is 131 cm³/mol. The van der Waals surface area contributed by atoms with Crippen molar-refractivity contribution in [2.45, 2.75) is 25.9 Å². The average molecular weight is 486 g/mol. The highest BCUT2D eigenvalue weighted by atomic mass is 19.1. The van der Waals surface area contributed by atoms with Crippen LogP contribution in [0.3, 0.4) is 0 Å². The summed E-state index contributed by atoms with van der Waals surface area (Å²) in [5.41, 5.74) is 3.95. The molecule has 8 nitrogen and oxygen atoms in total. The van der Waals surface area contributed by atoms with Gasteiger partial charge in [-0.15, -0.1) is 0 Å². The standard InChI is InChI=1S/C27H24FN5O3/c1-17-13-32(27(36)23-6-3-11-29-23)15-22-24(26(35)30-21-5-2-4-19(12-21)16-34)31-33(25(17)22)14-18-7-9-20(28)10-8-18/h2-12,16-17,29H,13-15H2,1H3,(H,30,35). The number of aromatic nitrogens is 3. The van der Waals surface area contributed by atoms with Crippen LogP contribution in [0.1, 0.15) is 61.0 Å². The highest BCUT2D eigenvalue weighted by Gasteiger charge is 2.34. The Labute approximate surface area is 206 Å². The third-order valence-corrected chi connectivity index (χ3v) is 6.26. The zero-order chi connectivity index (χ0) is 25.2. The van der Waals surface area contributed by atoms with Crippen molar-refractivity contribution in [1.82, 2.24) is 19.7 Å². The van der Waals surface area contributed by atoms with Crippen molar-refractivity contribution in [2.75, 3.05) is 11.9 Å². The van der Waals surface area contributed by atoms with Crippen molar-refractivity contribution in [3.63, 3.8) is 0 Å². The number of benzene rings is 2. The Morgan fingerprint density at radius 1 is 1.17 bits per heavy atom. The van der Waals surface area contributed by atoms with Gasteiger partial charge in [0.15, 0.2) is 5.69 Å². The summed E-state index contributed by atoms with van der Waals surface area (Å²) in [7, 11) is 0. The summed E-state index contributed by atoms with van der Waals surface area (Å²) in [6, 6.07) is 16.2. The zero-order valence-corrected chi connectivity index (χ0v) is 19.6. The quantitative estimate of drug-likeness (QED) is 0.400. The summed E-state index contributed by atoms with van der Waals surface area (Å²) < 4.78 is 15.2. The van der Waals surface area contributed by atoms with E-state index in [1.54, 1.807) is 64.3 Å². The van der Waals surface area contributed by atoms with Gasteiger partial charge in [0.25, 0.3) is 11.8 Å². The SMILES string of the molecule is CC1CN(C(=O)c2ccc[nH]2)Cc2c(C(=O)Nc3cccc(C=O)c3)nn(Cc3ccc(F)cc3)c21. The van der Waals surface area contributed by atoms with E-state index in [-0.39, 0.29) is 29.9 Å². The molecule has 1 unspecified atom stereocenters. The van der Waals surface area contributed by atoms with Crippen LogP contribution >= 0.6 is 0 Å². The first-order valence-corrected chi connectivity index (χ1v) is 11.6. The summed E-state index contributed by atoms with van der Waals surface area (Å²) in [5, 5.41) is 7.47. The Morgan fingerprint density at radius 2 is 1.97 bits per heavy atom. The van der Waals surface area contributed by atoms with Crippen LogP contribution in [0.4, 0.5) is 10.1 Å². The number of hydrogen-bond donors (Lipinski definition) is 2. The van der Waals surface area contributed by atoms with E-state index in [2.05, 4.69) is 15.4 Å². The molecule has 5 rings (SSSR count). The van der Waals surface area contributed by atoms with Crippen LogP contribution in [0, 0.1) is 5.82 Å². The molecule has 9 heteroatoms. The predicted octanol–water partition coefficient (Wildman–Crippen LogP) is 4.22. The normalized spacial score (nSPS) is 14.8. The number of rotatable bonds is 6. The van der Waals surface area contributed by atoms with Crippen LogP contribution in [-0.2, 0) is 13.1 Å². The number of aldehydes is 1. The van der Waals surface area contributed by atoms with Crippen LogP contribution in [0.25, 0.3) is 0 Å². The van der Waals surface area contributed by atoms with E-state index in [1.165, 1.54) is 12.1 Å². The molecule has 2 aromatic heterocycles. The second-order valence-corrected chi connectivity index (χ2v) is 8.86. The summed E-state index contributed by atoms with van der Waals surface area (Å²) in [4.78, 5) is 42.3. The summed E-state index contributed by atoms with van der Waals surface area (Å²) in [6.07, 6.45) is 2.40. The molecular formula is C27H24FN5O3. The van der Waals surface area contributed by atoms with Gasteiger partial charge >= 0.3 is 0 Å². The van der Waals surface area contributed by atoms with Gasteiger partial charge in [0.1, 0.15) is 17.8 Å². The molecule has 3 heterocycles. The van der Waals surface area contributed by atoms with E-state index in [0.29, 0.717) is 41.9 Å². The minimum Gasteiger partial charge on any atom is -0.357 e. The largest absolute Gasteiger partial charge is 0.357 e. The van der Waals surface area contributed by atoms with Crippen molar-refractivity contribution in [1.29, 1.82) is 0 Å². The number of carbonyl (C=O) groups is 3. The van der Waals surface area contributed by atoms with Gasteiger partial charge in [-0.2, -0.15) is 5.10 Å². The molecule has 0 spiro atoms. The first-order valence-electron chi connectivity index (χ1n) is 11.6. The number of amides is 2. The van der Waals surface area contributed by atoms with Gasteiger partial charge in [0, 0.05) is 41.2 Å². The Hall–Kier alpha value is -4.53. The summed E-state index contributed by atoms with van der Waals surface area (Å²) in [5.74, 6) is -1.02. The van der Waals surface area contributed by atoms with Gasteiger partial charge in [-0.25, -0.2) is 4.39 Å². The highest BCUT2D eigenvalue weighted by Crippen LogP contribution is 2.32. The van der Waals surface area contributed by atoms with E-state index in [9.17, 15) is 18.8 Å². The molecule has 1 aliphatic rings. The van der Waals surface area contributed by atoms with Crippen molar-refractivity contribution >= 4 is 23.8 Å². The van der Waals surface area contributed by atoms with Crippen molar-refractivity contribution in [3.8, 4) is 0 Å². The van der Waals surface area contributed by atoms with E-state index in [0.717, 1.165) is 11.3 Å². The first-order chi connectivity index (χ1) is 17.4. The maximum absolute atomic E-state index is 13.4. The number of fused-ring (bicyclic) bond motifs is 1. The number of nitrogens with one attached hydrogen (secondary N) is 2. The average Bonchev–Trinajstić information content (AvgIpc) is 3.54. The van der Waals surface area contributed by atoms with Crippen molar-refractivity contribution in [2.24, 2.45) is 0 Å². The topological polar surface area (TPSA) is 100 Å². The summed E-state index contributed by atoms with van der Waals surface area (Å²) in [6.45, 7) is 3.02. The highest BCUT2D eigenvalue weighted by molar-refractivity contribution is 6.04. The van der Waals surface area contributed by atoms with Crippen LogP contribution < -0.4 is 5.32 Å². The molecule has 4 aromatic rings. The zero-order valence-electron chi connectivity index (χ0n) is 19.6. The molecule has 2 N–H and O–H groups in total. The molecule has 0 radical (unpaired) electrons. The fourth-order valence-corrected chi connectivity index (χ4v) is 4.63. The second-order valence-electron chi connectivity index (χ2n) is 8.86. The number of hydrogen-bond acceptors (Lipinski definition) is 4. The van der Waals surface area contributed by atoms with Crippen LogP contribution in [0.5, 0.6) is 0 Å². The lowest BCUT2D eigenvalue weighted by atomic mass is 9.95.